The first-order chi connectivity index (χ1) is 6.91. The summed E-state index contributed by atoms with van der Waals surface area (Å²) in [5.74, 6) is 0. The van der Waals surface area contributed by atoms with Crippen molar-refractivity contribution in [3.8, 4) is 0 Å². The summed E-state index contributed by atoms with van der Waals surface area (Å²) < 4.78 is 0. The fraction of sp³-hybridized carbons (Fsp3) is 0.462. The second kappa shape index (κ2) is 3.17. The van der Waals surface area contributed by atoms with Gasteiger partial charge in [-0.15, -0.1) is 0 Å². The molecule has 1 atom stereocenters. The van der Waals surface area contributed by atoms with Gasteiger partial charge in [0.1, 0.15) is 0 Å². The summed E-state index contributed by atoms with van der Waals surface area (Å²) in [5, 5.41) is 9.97. The van der Waals surface area contributed by atoms with Gasteiger partial charge in [-0.1, -0.05) is 44.2 Å². The van der Waals surface area contributed by atoms with Gasteiger partial charge >= 0.3 is 0 Å². The van der Waals surface area contributed by atoms with E-state index in [9.17, 15) is 5.11 Å². The molecule has 2 rings (SSSR count). The minimum absolute atomic E-state index is 0.0507. The van der Waals surface area contributed by atoms with Gasteiger partial charge in [-0.05, 0) is 12.5 Å². The minimum Gasteiger partial charge on any atom is -0.369 e. The monoisotopic (exact) mass is 203 g/mol. The first-order valence-electron chi connectivity index (χ1n) is 5.29. The molecule has 1 aromatic rings. The third-order valence-corrected chi connectivity index (χ3v) is 2.82. The smallest absolute Gasteiger partial charge is 0.154 e. The molecule has 0 aromatic heterocycles. The molecule has 0 bridgehead atoms. The number of benzene rings is 1. The highest BCUT2D eigenvalue weighted by molar-refractivity contribution is 6.05. The van der Waals surface area contributed by atoms with Crippen LogP contribution in [0.25, 0.3) is 0 Å². The fourth-order valence-electron chi connectivity index (χ4n) is 2.40. The van der Waals surface area contributed by atoms with Crippen molar-refractivity contribution in [3.05, 3.63) is 35.9 Å². The molecular formula is C13H17NO. The van der Waals surface area contributed by atoms with Crippen molar-refractivity contribution >= 4 is 5.71 Å². The van der Waals surface area contributed by atoms with Crippen LogP contribution in [0.3, 0.4) is 0 Å². The van der Waals surface area contributed by atoms with E-state index < -0.39 is 5.72 Å². The third-order valence-electron chi connectivity index (χ3n) is 2.82. The number of nitrogens with zero attached hydrogens (tertiary/aromatic N) is 1. The number of aliphatic imine (C=N–C) groups is 1. The zero-order valence-corrected chi connectivity index (χ0v) is 9.49. The van der Waals surface area contributed by atoms with Gasteiger partial charge in [0.05, 0.1) is 5.71 Å². The molecule has 1 aromatic carbocycles. The summed E-state index contributed by atoms with van der Waals surface area (Å²) >= 11 is 0. The van der Waals surface area contributed by atoms with Crippen LogP contribution in [0.5, 0.6) is 0 Å². The molecule has 0 saturated heterocycles. The maximum Gasteiger partial charge on any atom is 0.154 e. The normalized spacial score (nSPS) is 28.9. The Bertz CT molecular complexity index is 390. The van der Waals surface area contributed by atoms with E-state index in [0.29, 0.717) is 6.42 Å². The lowest BCUT2D eigenvalue weighted by Gasteiger charge is -2.22. The second-order valence-electron chi connectivity index (χ2n) is 5.10. The maximum atomic E-state index is 9.97. The summed E-state index contributed by atoms with van der Waals surface area (Å²) in [5.41, 5.74) is 1.16. The van der Waals surface area contributed by atoms with Crippen molar-refractivity contribution in [3.63, 3.8) is 0 Å². The quantitative estimate of drug-likeness (QED) is 0.747. The largest absolute Gasteiger partial charge is 0.369 e. The SMILES string of the molecule is CC1(O)CC(C)(C)C(c2ccccc2)=N1. The molecular weight excluding hydrogens is 186 g/mol. The zero-order chi connectivity index (χ0) is 11.1. The van der Waals surface area contributed by atoms with E-state index in [1.807, 2.05) is 30.3 Å². The topological polar surface area (TPSA) is 32.6 Å². The lowest BCUT2D eigenvalue weighted by molar-refractivity contribution is 0.0539. The Balaban J connectivity index is 2.45. The summed E-state index contributed by atoms with van der Waals surface area (Å²) in [7, 11) is 0. The summed E-state index contributed by atoms with van der Waals surface area (Å²) in [6.07, 6.45) is 0.685. The van der Waals surface area contributed by atoms with E-state index in [0.717, 1.165) is 11.3 Å². The zero-order valence-electron chi connectivity index (χ0n) is 9.49. The third kappa shape index (κ3) is 1.95. The molecule has 0 fully saturated rings. The van der Waals surface area contributed by atoms with E-state index in [1.54, 1.807) is 6.92 Å². The molecule has 0 amide bonds. The van der Waals surface area contributed by atoms with Gasteiger partial charge in [-0.3, -0.25) is 4.99 Å². The highest BCUT2D eigenvalue weighted by Gasteiger charge is 2.41. The molecule has 1 aliphatic rings. The van der Waals surface area contributed by atoms with Gasteiger partial charge in [0.2, 0.25) is 0 Å². The molecule has 0 radical (unpaired) electrons. The van der Waals surface area contributed by atoms with Crippen LogP contribution >= 0.6 is 0 Å². The Kier molecular flexibility index (Phi) is 2.19. The van der Waals surface area contributed by atoms with Crippen LogP contribution in [0.1, 0.15) is 32.8 Å². The predicted octanol–water partition coefficient (Wildman–Crippen LogP) is 2.61. The summed E-state index contributed by atoms with van der Waals surface area (Å²) in [4.78, 5) is 4.42. The number of hydrogen-bond donors (Lipinski definition) is 1. The van der Waals surface area contributed by atoms with Crippen LogP contribution < -0.4 is 0 Å². The van der Waals surface area contributed by atoms with E-state index >= 15 is 0 Å². The first-order valence-corrected chi connectivity index (χ1v) is 5.29. The van der Waals surface area contributed by atoms with Crippen LogP contribution in [-0.2, 0) is 0 Å². The second-order valence-corrected chi connectivity index (χ2v) is 5.10. The van der Waals surface area contributed by atoms with E-state index in [2.05, 4.69) is 18.8 Å². The number of rotatable bonds is 1. The standard InChI is InChI=1S/C13H17NO/c1-12(2)9-13(3,15)14-11(12)10-7-5-4-6-8-10/h4-8,15H,9H2,1-3H3. The molecule has 1 unspecified atom stereocenters. The van der Waals surface area contributed by atoms with Crippen LogP contribution in [-0.4, -0.2) is 16.5 Å². The number of hydrogen-bond acceptors (Lipinski definition) is 2. The lowest BCUT2D eigenvalue weighted by Crippen LogP contribution is -2.24. The molecule has 2 heteroatoms. The predicted molar refractivity (Wildman–Crippen MR) is 62.0 cm³/mol. The van der Waals surface area contributed by atoms with Crippen molar-refractivity contribution in [1.82, 2.24) is 0 Å². The Morgan fingerprint density at radius 1 is 1.13 bits per heavy atom. The van der Waals surface area contributed by atoms with Crippen molar-refractivity contribution in [2.45, 2.75) is 32.9 Å². The Hall–Kier alpha value is -1.15. The van der Waals surface area contributed by atoms with Crippen LogP contribution in [0, 0.1) is 5.41 Å². The summed E-state index contributed by atoms with van der Waals surface area (Å²) in [6.45, 7) is 6.02. The molecule has 2 nitrogen and oxygen atoms in total. The van der Waals surface area contributed by atoms with E-state index in [-0.39, 0.29) is 5.41 Å². The molecule has 1 heterocycles. The molecule has 0 aliphatic carbocycles. The maximum absolute atomic E-state index is 9.97. The van der Waals surface area contributed by atoms with Gasteiger partial charge < -0.3 is 5.11 Å². The number of aliphatic hydroxyl groups is 1. The lowest BCUT2D eigenvalue weighted by atomic mass is 9.81. The molecule has 0 spiro atoms. The summed E-state index contributed by atoms with van der Waals surface area (Å²) in [6, 6.07) is 10.1. The average molecular weight is 203 g/mol. The van der Waals surface area contributed by atoms with Crippen molar-refractivity contribution in [1.29, 1.82) is 0 Å². The van der Waals surface area contributed by atoms with Gasteiger partial charge in [0.15, 0.2) is 5.72 Å². The first kappa shape index (κ1) is 10.4. The molecule has 1 aliphatic heterocycles. The van der Waals surface area contributed by atoms with Crippen molar-refractivity contribution < 1.29 is 5.11 Å². The van der Waals surface area contributed by atoms with Crippen molar-refractivity contribution in [2.75, 3.05) is 0 Å². The van der Waals surface area contributed by atoms with Crippen LogP contribution in [0.2, 0.25) is 0 Å². The Morgan fingerprint density at radius 3 is 2.20 bits per heavy atom. The molecule has 80 valence electrons. The fourth-order valence-corrected chi connectivity index (χ4v) is 2.40. The molecule has 15 heavy (non-hydrogen) atoms. The minimum atomic E-state index is -0.908. The Morgan fingerprint density at radius 2 is 1.73 bits per heavy atom. The molecule has 0 saturated carbocycles. The highest BCUT2D eigenvalue weighted by atomic mass is 16.3. The van der Waals surface area contributed by atoms with Crippen LogP contribution in [0.15, 0.2) is 35.3 Å². The van der Waals surface area contributed by atoms with Crippen molar-refractivity contribution in [2.24, 2.45) is 10.4 Å². The van der Waals surface area contributed by atoms with E-state index in [1.165, 1.54) is 0 Å². The Labute approximate surface area is 90.7 Å². The molecule has 1 N–H and O–H groups in total. The van der Waals surface area contributed by atoms with Gasteiger partial charge in [0.25, 0.3) is 0 Å². The van der Waals surface area contributed by atoms with Gasteiger partial charge in [0, 0.05) is 11.8 Å². The highest BCUT2D eigenvalue weighted by Crippen LogP contribution is 2.39. The van der Waals surface area contributed by atoms with Gasteiger partial charge in [-0.2, -0.15) is 0 Å². The van der Waals surface area contributed by atoms with E-state index in [4.69, 9.17) is 0 Å². The van der Waals surface area contributed by atoms with Gasteiger partial charge in [-0.25, -0.2) is 0 Å². The van der Waals surface area contributed by atoms with Crippen LogP contribution in [0.4, 0.5) is 0 Å². The average Bonchev–Trinajstić information content (AvgIpc) is 2.36.